The van der Waals surface area contributed by atoms with Gasteiger partial charge in [-0.15, -0.1) is 0 Å². The smallest absolute Gasteiger partial charge is 0.412 e. The van der Waals surface area contributed by atoms with E-state index in [1.54, 1.807) is 30.3 Å². The second kappa shape index (κ2) is 11.2. The van der Waals surface area contributed by atoms with E-state index in [1.807, 2.05) is 6.07 Å². The lowest BCUT2D eigenvalue weighted by Gasteiger charge is -2.26. The molecule has 1 amide bonds. The molecule has 0 saturated carbocycles. The standard InChI is InChI=1S/C25H19FN2O6/c26-20-14-17(8-11-21(20)29)24(34-25(32)28-18-9-6-16(15-27)7-10-18)22(12-13-23(30)31)33-19-4-2-1-3-5-19/h1-14,22,24,29H,(H,28,32)(H,30,31)/b13-12+/t22-,24-/m1/s1. The molecule has 3 aromatic rings. The molecular formula is C25H19FN2O6. The molecule has 34 heavy (non-hydrogen) atoms. The van der Waals surface area contributed by atoms with E-state index in [-0.39, 0.29) is 5.56 Å². The van der Waals surface area contributed by atoms with Gasteiger partial charge in [-0.1, -0.05) is 24.3 Å². The molecule has 0 fully saturated rings. The number of rotatable bonds is 8. The third-order valence-corrected chi connectivity index (χ3v) is 4.54. The van der Waals surface area contributed by atoms with Gasteiger partial charge in [0.2, 0.25) is 0 Å². The zero-order chi connectivity index (χ0) is 24.5. The maximum absolute atomic E-state index is 14.1. The predicted molar refractivity (Wildman–Crippen MR) is 120 cm³/mol. The van der Waals surface area contributed by atoms with Crippen molar-refractivity contribution >= 4 is 17.7 Å². The summed E-state index contributed by atoms with van der Waals surface area (Å²) in [7, 11) is 0. The normalized spacial score (nSPS) is 12.4. The van der Waals surface area contributed by atoms with Crippen LogP contribution in [0.25, 0.3) is 0 Å². The van der Waals surface area contributed by atoms with Crippen LogP contribution in [-0.2, 0) is 9.53 Å². The van der Waals surface area contributed by atoms with Gasteiger partial charge in [-0.2, -0.15) is 5.26 Å². The molecule has 3 aromatic carbocycles. The number of amides is 1. The van der Waals surface area contributed by atoms with Crippen LogP contribution in [-0.4, -0.2) is 28.4 Å². The average Bonchev–Trinajstić information content (AvgIpc) is 2.83. The van der Waals surface area contributed by atoms with Gasteiger partial charge in [-0.3, -0.25) is 5.32 Å². The number of nitrogens with one attached hydrogen (secondary N) is 1. The molecule has 3 rings (SSSR count). The Kier molecular flexibility index (Phi) is 7.81. The molecule has 0 bridgehead atoms. The molecule has 9 heteroatoms. The van der Waals surface area contributed by atoms with Crippen LogP contribution in [0, 0.1) is 17.1 Å². The van der Waals surface area contributed by atoms with Gasteiger partial charge in [0, 0.05) is 11.8 Å². The van der Waals surface area contributed by atoms with Crippen molar-refractivity contribution in [2.75, 3.05) is 5.32 Å². The highest BCUT2D eigenvalue weighted by molar-refractivity contribution is 5.85. The third kappa shape index (κ3) is 6.58. The average molecular weight is 462 g/mol. The van der Waals surface area contributed by atoms with Crippen LogP contribution < -0.4 is 10.1 Å². The molecule has 0 aromatic heterocycles. The Balaban J connectivity index is 1.93. The first-order chi connectivity index (χ1) is 16.4. The van der Waals surface area contributed by atoms with E-state index in [0.29, 0.717) is 17.0 Å². The largest absolute Gasteiger partial charge is 0.505 e. The number of carbonyl (C=O) groups excluding carboxylic acids is 1. The highest BCUT2D eigenvalue weighted by Crippen LogP contribution is 2.30. The van der Waals surface area contributed by atoms with Gasteiger partial charge in [0.15, 0.2) is 23.8 Å². The van der Waals surface area contributed by atoms with Gasteiger partial charge in [0.05, 0.1) is 11.6 Å². The van der Waals surface area contributed by atoms with Crippen molar-refractivity contribution < 1.29 is 33.7 Å². The maximum atomic E-state index is 14.1. The molecule has 0 spiro atoms. The molecule has 0 saturated heterocycles. The van der Waals surface area contributed by atoms with Crippen LogP contribution in [0.4, 0.5) is 14.9 Å². The lowest BCUT2D eigenvalue weighted by atomic mass is 10.0. The summed E-state index contributed by atoms with van der Waals surface area (Å²) < 4.78 is 25.5. The van der Waals surface area contributed by atoms with Gasteiger partial charge in [0.1, 0.15) is 5.75 Å². The van der Waals surface area contributed by atoms with Crippen LogP contribution in [0.1, 0.15) is 17.2 Å². The van der Waals surface area contributed by atoms with E-state index in [9.17, 15) is 19.1 Å². The Bertz CT molecular complexity index is 1220. The van der Waals surface area contributed by atoms with E-state index in [2.05, 4.69) is 5.32 Å². The molecule has 172 valence electrons. The van der Waals surface area contributed by atoms with Crippen LogP contribution >= 0.6 is 0 Å². The molecule has 0 radical (unpaired) electrons. The highest BCUT2D eigenvalue weighted by Gasteiger charge is 2.28. The topological polar surface area (TPSA) is 129 Å². The minimum absolute atomic E-state index is 0.112. The molecule has 0 aliphatic carbocycles. The molecule has 0 heterocycles. The summed E-state index contributed by atoms with van der Waals surface area (Å²) in [5.41, 5.74) is 0.842. The Morgan fingerprint density at radius 3 is 2.38 bits per heavy atom. The number of carboxylic acid groups (broad SMARTS) is 1. The molecule has 0 aliphatic heterocycles. The number of carboxylic acids is 1. The fourth-order valence-corrected chi connectivity index (χ4v) is 2.95. The lowest BCUT2D eigenvalue weighted by Crippen LogP contribution is -2.30. The van der Waals surface area contributed by atoms with E-state index < -0.39 is 35.8 Å². The van der Waals surface area contributed by atoms with Crippen LogP contribution in [0.15, 0.2) is 84.9 Å². The monoisotopic (exact) mass is 462 g/mol. The maximum Gasteiger partial charge on any atom is 0.412 e. The van der Waals surface area contributed by atoms with Crippen LogP contribution in [0.3, 0.4) is 0 Å². The fraction of sp³-hybridized carbons (Fsp3) is 0.0800. The summed E-state index contributed by atoms with van der Waals surface area (Å²) in [6, 6.07) is 19.7. The summed E-state index contributed by atoms with van der Waals surface area (Å²) in [4.78, 5) is 23.8. The number of nitrogens with zero attached hydrogens (tertiary/aromatic N) is 1. The highest BCUT2D eigenvalue weighted by atomic mass is 19.1. The SMILES string of the molecule is N#Cc1ccc(NC(=O)O[C@H](c2ccc(O)c(F)c2)[C@@H](/C=C/C(=O)O)Oc2ccccc2)cc1. The number of halogens is 1. The minimum Gasteiger partial charge on any atom is -0.505 e. The second-order valence-electron chi connectivity index (χ2n) is 6.94. The summed E-state index contributed by atoms with van der Waals surface area (Å²) in [6.45, 7) is 0. The van der Waals surface area contributed by atoms with Crippen LogP contribution in [0.2, 0.25) is 0 Å². The van der Waals surface area contributed by atoms with E-state index in [4.69, 9.17) is 19.8 Å². The number of phenols is 1. The number of hydrogen-bond acceptors (Lipinski definition) is 6. The van der Waals surface area contributed by atoms with Gasteiger partial charge < -0.3 is 19.7 Å². The zero-order valence-corrected chi connectivity index (χ0v) is 17.6. The summed E-state index contributed by atoms with van der Waals surface area (Å²) in [6.07, 6.45) is -1.43. The Hall–Kier alpha value is -4.84. The predicted octanol–water partition coefficient (Wildman–Crippen LogP) is 4.78. The van der Waals surface area contributed by atoms with E-state index in [1.165, 1.54) is 36.4 Å². The number of para-hydroxylation sites is 1. The van der Waals surface area contributed by atoms with Gasteiger partial charge in [0.25, 0.3) is 0 Å². The Morgan fingerprint density at radius 2 is 1.76 bits per heavy atom. The number of phenolic OH excluding ortho intramolecular Hbond substituents is 1. The first kappa shape index (κ1) is 23.8. The zero-order valence-electron chi connectivity index (χ0n) is 17.6. The lowest BCUT2D eigenvalue weighted by molar-refractivity contribution is -0.131. The molecule has 8 nitrogen and oxygen atoms in total. The second-order valence-corrected chi connectivity index (χ2v) is 6.94. The molecule has 0 unspecified atom stereocenters. The van der Waals surface area contributed by atoms with Crippen molar-refractivity contribution in [3.63, 3.8) is 0 Å². The molecule has 3 N–H and O–H groups in total. The Labute approximate surface area is 194 Å². The molecule has 2 atom stereocenters. The fourth-order valence-electron chi connectivity index (χ4n) is 2.95. The first-order valence-corrected chi connectivity index (χ1v) is 9.95. The number of benzene rings is 3. The van der Waals surface area contributed by atoms with Crippen molar-refractivity contribution in [3.05, 3.63) is 102 Å². The summed E-state index contributed by atoms with van der Waals surface area (Å²) in [5.74, 6) is -2.48. The van der Waals surface area contributed by atoms with Gasteiger partial charge in [-0.25, -0.2) is 14.0 Å². The van der Waals surface area contributed by atoms with E-state index >= 15 is 0 Å². The molecular weight excluding hydrogens is 443 g/mol. The number of hydrogen-bond donors (Lipinski definition) is 3. The quantitative estimate of drug-likeness (QED) is 0.411. The minimum atomic E-state index is -1.30. The van der Waals surface area contributed by atoms with Gasteiger partial charge in [-0.05, 0) is 60.2 Å². The van der Waals surface area contributed by atoms with Gasteiger partial charge >= 0.3 is 12.1 Å². The van der Waals surface area contributed by atoms with Crippen molar-refractivity contribution in [1.82, 2.24) is 0 Å². The first-order valence-electron chi connectivity index (χ1n) is 9.95. The number of aromatic hydroxyl groups is 1. The van der Waals surface area contributed by atoms with Crippen LogP contribution in [0.5, 0.6) is 11.5 Å². The van der Waals surface area contributed by atoms with Crippen molar-refractivity contribution in [3.8, 4) is 17.6 Å². The van der Waals surface area contributed by atoms with E-state index in [0.717, 1.165) is 18.2 Å². The van der Waals surface area contributed by atoms with Crippen molar-refractivity contribution in [2.24, 2.45) is 0 Å². The number of ether oxygens (including phenoxy) is 2. The Morgan fingerprint density at radius 1 is 1.06 bits per heavy atom. The number of carbonyl (C=O) groups is 2. The summed E-state index contributed by atoms with van der Waals surface area (Å²) in [5, 5.41) is 30.0. The number of aliphatic carboxylic acids is 1. The number of nitriles is 1. The summed E-state index contributed by atoms with van der Waals surface area (Å²) >= 11 is 0. The molecule has 0 aliphatic rings. The van der Waals surface area contributed by atoms with Crippen molar-refractivity contribution in [1.29, 1.82) is 5.26 Å². The number of anilines is 1. The van der Waals surface area contributed by atoms with Crippen molar-refractivity contribution in [2.45, 2.75) is 12.2 Å². The third-order valence-electron chi connectivity index (χ3n) is 4.54.